The fraction of sp³-hybridized carbons (Fsp3) is 0.190. The highest BCUT2D eigenvalue weighted by Gasteiger charge is 2.48. The molecule has 2 unspecified atom stereocenters. The van der Waals surface area contributed by atoms with Crippen LogP contribution in [0.3, 0.4) is 0 Å². The minimum atomic E-state index is -0.330. The fourth-order valence-electron chi connectivity index (χ4n) is 3.16. The lowest BCUT2D eigenvalue weighted by atomic mass is 10.1. The number of carbonyl (C=O) groups excluding carboxylic acids is 2. The van der Waals surface area contributed by atoms with Crippen LogP contribution in [0.2, 0.25) is 5.02 Å². The van der Waals surface area contributed by atoms with Gasteiger partial charge in [-0.2, -0.15) is 0 Å². The van der Waals surface area contributed by atoms with Crippen molar-refractivity contribution in [2.75, 3.05) is 10.6 Å². The van der Waals surface area contributed by atoms with Crippen molar-refractivity contribution in [2.24, 2.45) is 11.8 Å². The molecule has 4 rings (SSSR count). The average molecular weight is 380 g/mol. The topological polar surface area (TPSA) is 71.1 Å². The first kappa shape index (κ1) is 17.5. The van der Waals surface area contributed by atoms with Gasteiger partial charge < -0.3 is 10.6 Å². The summed E-state index contributed by atoms with van der Waals surface area (Å²) in [5.41, 5.74) is 3.01. The van der Waals surface area contributed by atoms with Crippen LogP contribution in [-0.2, 0) is 9.59 Å². The average Bonchev–Trinajstić information content (AvgIpc) is 3.46. The Morgan fingerprint density at radius 1 is 1.00 bits per heavy atom. The van der Waals surface area contributed by atoms with Gasteiger partial charge in [0.15, 0.2) is 0 Å². The van der Waals surface area contributed by atoms with Crippen LogP contribution in [0.1, 0.15) is 12.0 Å². The van der Waals surface area contributed by atoms with Crippen LogP contribution in [0.15, 0.2) is 54.7 Å². The highest BCUT2D eigenvalue weighted by molar-refractivity contribution is 6.31. The van der Waals surface area contributed by atoms with Crippen LogP contribution in [0, 0.1) is 18.8 Å². The molecule has 0 saturated heterocycles. The lowest BCUT2D eigenvalue weighted by Crippen LogP contribution is -2.21. The number of amides is 2. The first-order chi connectivity index (χ1) is 13.0. The number of nitrogens with one attached hydrogen (secondary N) is 2. The zero-order chi connectivity index (χ0) is 19.0. The molecule has 0 spiro atoms. The molecular formula is C21H18ClN3O2. The summed E-state index contributed by atoms with van der Waals surface area (Å²) in [6.45, 7) is 1.90. The van der Waals surface area contributed by atoms with Crippen LogP contribution < -0.4 is 10.6 Å². The Morgan fingerprint density at radius 2 is 1.70 bits per heavy atom. The fourth-order valence-corrected chi connectivity index (χ4v) is 3.33. The third-order valence-electron chi connectivity index (χ3n) is 4.81. The van der Waals surface area contributed by atoms with E-state index in [0.29, 0.717) is 22.8 Å². The van der Waals surface area contributed by atoms with Crippen molar-refractivity contribution < 1.29 is 9.59 Å². The summed E-state index contributed by atoms with van der Waals surface area (Å²) in [4.78, 5) is 29.4. The molecule has 0 bridgehead atoms. The first-order valence-corrected chi connectivity index (χ1v) is 9.12. The molecule has 1 fully saturated rings. The number of pyridine rings is 1. The van der Waals surface area contributed by atoms with Gasteiger partial charge in [-0.3, -0.25) is 14.6 Å². The summed E-state index contributed by atoms with van der Waals surface area (Å²) in [5, 5.41) is 7.30. The highest BCUT2D eigenvalue weighted by atomic mass is 35.5. The van der Waals surface area contributed by atoms with Crippen LogP contribution in [0.25, 0.3) is 10.9 Å². The maximum Gasteiger partial charge on any atom is 0.228 e. The van der Waals surface area contributed by atoms with Gasteiger partial charge in [0, 0.05) is 22.3 Å². The first-order valence-electron chi connectivity index (χ1n) is 8.74. The van der Waals surface area contributed by atoms with Crippen LogP contribution >= 0.6 is 11.6 Å². The molecule has 136 valence electrons. The number of halogens is 1. The maximum atomic E-state index is 12.6. The largest absolute Gasteiger partial charge is 0.326 e. The summed E-state index contributed by atoms with van der Waals surface area (Å²) < 4.78 is 0. The third kappa shape index (κ3) is 3.64. The van der Waals surface area contributed by atoms with E-state index in [1.54, 1.807) is 18.3 Å². The quantitative estimate of drug-likeness (QED) is 0.705. The summed E-state index contributed by atoms with van der Waals surface area (Å²) in [6, 6.07) is 14.8. The van der Waals surface area contributed by atoms with Gasteiger partial charge in [-0.05, 0) is 43.2 Å². The Balaban J connectivity index is 1.43. The Labute approximate surface area is 161 Å². The van der Waals surface area contributed by atoms with E-state index in [1.165, 1.54) is 0 Å². The number of carbonyl (C=O) groups is 2. The van der Waals surface area contributed by atoms with E-state index in [1.807, 2.05) is 43.3 Å². The number of hydrogen-bond acceptors (Lipinski definition) is 3. The molecule has 0 radical (unpaired) electrons. The van der Waals surface area contributed by atoms with Crippen molar-refractivity contribution in [3.05, 3.63) is 65.3 Å². The second-order valence-corrected chi connectivity index (χ2v) is 7.20. The van der Waals surface area contributed by atoms with Crippen LogP contribution in [-0.4, -0.2) is 16.8 Å². The van der Waals surface area contributed by atoms with Gasteiger partial charge in [0.2, 0.25) is 11.8 Å². The van der Waals surface area contributed by atoms with Crippen molar-refractivity contribution in [1.29, 1.82) is 0 Å². The van der Waals surface area contributed by atoms with Crippen molar-refractivity contribution in [3.8, 4) is 0 Å². The summed E-state index contributed by atoms with van der Waals surface area (Å²) >= 11 is 5.99. The highest BCUT2D eigenvalue weighted by Crippen LogP contribution is 2.41. The number of para-hydroxylation sites is 1. The molecule has 6 heteroatoms. The van der Waals surface area contributed by atoms with Gasteiger partial charge in [0.05, 0.1) is 23.0 Å². The molecule has 2 N–H and O–H groups in total. The van der Waals surface area contributed by atoms with Gasteiger partial charge >= 0.3 is 0 Å². The molecule has 2 amide bonds. The minimum Gasteiger partial charge on any atom is -0.326 e. The predicted molar refractivity (Wildman–Crippen MR) is 107 cm³/mol. The van der Waals surface area contributed by atoms with Crippen molar-refractivity contribution >= 4 is 45.7 Å². The standard InChI is InChI=1S/C21H18ClN3O2/c1-12-7-8-14(22)10-18(12)25-21(27)16-11-15(16)20(26)24-17-6-2-4-13-5-3-9-23-19(13)17/h2-10,15-16H,11H2,1H3,(H,24,26)(H,25,27). The number of hydrogen-bond donors (Lipinski definition) is 2. The van der Waals surface area contributed by atoms with E-state index in [9.17, 15) is 9.59 Å². The van der Waals surface area contributed by atoms with E-state index in [4.69, 9.17) is 11.6 Å². The Bertz CT molecular complexity index is 1050. The van der Waals surface area contributed by atoms with Gasteiger partial charge in [0.25, 0.3) is 0 Å². The molecule has 27 heavy (non-hydrogen) atoms. The Hall–Kier alpha value is -2.92. The minimum absolute atomic E-state index is 0.156. The molecule has 1 aromatic heterocycles. The van der Waals surface area contributed by atoms with E-state index < -0.39 is 0 Å². The Morgan fingerprint density at radius 3 is 2.48 bits per heavy atom. The van der Waals surface area contributed by atoms with Crippen molar-refractivity contribution in [3.63, 3.8) is 0 Å². The zero-order valence-corrected chi connectivity index (χ0v) is 15.5. The zero-order valence-electron chi connectivity index (χ0n) is 14.7. The monoisotopic (exact) mass is 379 g/mol. The van der Waals surface area contributed by atoms with E-state index in [0.717, 1.165) is 16.5 Å². The SMILES string of the molecule is Cc1ccc(Cl)cc1NC(=O)C1CC1C(=O)Nc1cccc2cccnc12. The number of aryl methyl sites for hydroxylation is 1. The molecule has 2 atom stereocenters. The lowest BCUT2D eigenvalue weighted by molar-refractivity contribution is -0.122. The normalized spacial score (nSPS) is 18.1. The predicted octanol–water partition coefficient (Wildman–Crippen LogP) is 4.41. The van der Waals surface area contributed by atoms with E-state index in [-0.39, 0.29) is 23.7 Å². The number of fused-ring (bicyclic) bond motifs is 1. The molecule has 1 aliphatic rings. The number of nitrogens with zero attached hydrogens (tertiary/aromatic N) is 1. The smallest absolute Gasteiger partial charge is 0.228 e. The second-order valence-electron chi connectivity index (χ2n) is 6.77. The summed E-state index contributed by atoms with van der Waals surface area (Å²) in [7, 11) is 0. The molecule has 0 aliphatic heterocycles. The molecule has 1 heterocycles. The van der Waals surface area contributed by atoms with Gasteiger partial charge in [-0.1, -0.05) is 35.9 Å². The lowest BCUT2D eigenvalue weighted by Gasteiger charge is -2.09. The molecule has 3 aromatic rings. The van der Waals surface area contributed by atoms with Crippen molar-refractivity contribution in [2.45, 2.75) is 13.3 Å². The Kier molecular flexibility index (Phi) is 4.54. The molecule has 1 saturated carbocycles. The molecular weight excluding hydrogens is 362 g/mol. The van der Waals surface area contributed by atoms with Gasteiger partial charge in [-0.25, -0.2) is 0 Å². The van der Waals surface area contributed by atoms with Crippen molar-refractivity contribution in [1.82, 2.24) is 4.98 Å². The number of rotatable bonds is 4. The van der Waals surface area contributed by atoms with E-state index >= 15 is 0 Å². The molecule has 1 aliphatic carbocycles. The number of benzene rings is 2. The van der Waals surface area contributed by atoms with Gasteiger partial charge in [-0.15, -0.1) is 0 Å². The third-order valence-corrected chi connectivity index (χ3v) is 5.05. The number of aromatic nitrogens is 1. The summed E-state index contributed by atoms with van der Waals surface area (Å²) in [6.07, 6.45) is 2.23. The molecule has 5 nitrogen and oxygen atoms in total. The van der Waals surface area contributed by atoms with Crippen LogP contribution in [0.5, 0.6) is 0 Å². The molecule has 2 aromatic carbocycles. The summed E-state index contributed by atoms with van der Waals surface area (Å²) in [5.74, 6) is -0.970. The van der Waals surface area contributed by atoms with Crippen LogP contribution in [0.4, 0.5) is 11.4 Å². The maximum absolute atomic E-state index is 12.6. The van der Waals surface area contributed by atoms with E-state index in [2.05, 4.69) is 15.6 Å². The van der Waals surface area contributed by atoms with Gasteiger partial charge in [0.1, 0.15) is 0 Å². The number of anilines is 2. The second kappa shape index (κ2) is 7.00.